The predicted octanol–water partition coefficient (Wildman–Crippen LogP) is 2.38. The first-order valence-corrected chi connectivity index (χ1v) is 4.47. The maximum absolute atomic E-state index is 5.78. The molecular weight excluding hydrogens is 198 g/mol. The van der Waals surface area contributed by atoms with Crippen molar-refractivity contribution in [2.24, 2.45) is 0 Å². The summed E-state index contributed by atoms with van der Waals surface area (Å²) in [5.74, 6) is 0. The summed E-state index contributed by atoms with van der Waals surface area (Å²) in [6.07, 6.45) is 3.40. The van der Waals surface area contributed by atoms with Crippen molar-refractivity contribution >= 4 is 17.3 Å². The summed E-state index contributed by atoms with van der Waals surface area (Å²) < 4.78 is 0. The van der Waals surface area contributed by atoms with Gasteiger partial charge in [-0.3, -0.25) is 4.98 Å². The van der Waals surface area contributed by atoms with E-state index >= 15 is 0 Å². The number of nitrogen functional groups attached to an aromatic ring is 1. The highest BCUT2D eigenvalue weighted by molar-refractivity contribution is 6.29. The largest absolute Gasteiger partial charge is 0.397 e. The second-order valence-corrected chi connectivity index (χ2v) is 3.20. The van der Waals surface area contributed by atoms with Crippen LogP contribution >= 0.6 is 11.6 Å². The average Bonchev–Trinajstić information content (AvgIpc) is 2.23. The zero-order chi connectivity index (χ0) is 9.97. The molecule has 0 aliphatic rings. The zero-order valence-electron chi connectivity index (χ0n) is 7.31. The fraction of sp³-hybridized carbons (Fsp3) is 0. The maximum Gasteiger partial charge on any atom is 0.129 e. The minimum Gasteiger partial charge on any atom is -0.397 e. The van der Waals surface area contributed by atoms with Gasteiger partial charge in [-0.2, -0.15) is 0 Å². The van der Waals surface area contributed by atoms with Gasteiger partial charge in [-0.1, -0.05) is 11.6 Å². The smallest absolute Gasteiger partial charge is 0.129 e. The number of halogens is 1. The van der Waals surface area contributed by atoms with Crippen molar-refractivity contribution in [3.05, 3.63) is 41.8 Å². The Morgan fingerprint density at radius 2 is 2.07 bits per heavy atom. The molecule has 0 spiro atoms. The van der Waals surface area contributed by atoms with Crippen LogP contribution in [0, 0.1) is 0 Å². The molecule has 14 heavy (non-hydrogen) atoms. The van der Waals surface area contributed by atoms with E-state index in [0.29, 0.717) is 16.5 Å². The number of nitrogens with zero attached hydrogens (tertiary/aromatic N) is 2. The molecule has 3 nitrogen and oxygen atoms in total. The first-order chi connectivity index (χ1) is 6.77. The van der Waals surface area contributed by atoms with Crippen molar-refractivity contribution in [3.8, 4) is 11.3 Å². The monoisotopic (exact) mass is 205 g/mol. The van der Waals surface area contributed by atoms with E-state index in [1.54, 1.807) is 24.5 Å². The molecule has 0 unspecified atom stereocenters. The molecule has 2 heterocycles. The number of aromatic nitrogens is 2. The van der Waals surface area contributed by atoms with Crippen LogP contribution in [0.5, 0.6) is 0 Å². The van der Waals surface area contributed by atoms with Crippen molar-refractivity contribution in [1.29, 1.82) is 0 Å². The van der Waals surface area contributed by atoms with Crippen LogP contribution in [-0.4, -0.2) is 9.97 Å². The maximum atomic E-state index is 5.78. The Labute approximate surface area is 86.6 Å². The van der Waals surface area contributed by atoms with Gasteiger partial charge in [-0.05, 0) is 24.3 Å². The van der Waals surface area contributed by atoms with Gasteiger partial charge in [0.2, 0.25) is 0 Å². The Morgan fingerprint density at radius 1 is 1.21 bits per heavy atom. The number of pyridine rings is 2. The summed E-state index contributed by atoms with van der Waals surface area (Å²) in [6.45, 7) is 0. The Kier molecular flexibility index (Phi) is 2.33. The van der Waals surface area contributed by atoms with Crippen LogP contribution in [0.25, 0.3) is 11.3 Å². The number of rotatable bonds is 1. The van der Waals surface area contributed by atoms with Crippen molar-refractivity contribution in [1.82, 2.24) is 9.97 Å². The molecule has 4 heteroatoms. The molecule has 0 radical (unpaired) electrons. The molecule has 0 saturated heterocycles. The third kappa shape index (κ3) is 1.67. The van der Waals surface area contributed by atoms with Crippen molar-refractivity contribution in [2.45, 2.75) is 0 Å². The van der Waals surface area contributed by atoms with Crippen LogP contribution in [0.15, 0.2) is 36.7 Å². The molecule has 0 amide bonds. The van der Waals surface area contributed by atoms with Crippen LogP contribution in [0.2, 0.25) is 5.15 Å². The normalized spacial score (nSPS) is 10.1. The molecule has 0 aliphatic carbocycles. The van der Waals surface area contributed by atoms with E-state index < -0.39 is 0 Å². The van der Waals surface area contributed by atoms with E-state index in [-0.39, 0.29) is 0 Å². The average molecular weight is 206 g/mol. The van der Waals surface area contributed by atoms with Crippen molar-refractivity contribution < 1.29 is 0 Å². The Morgan fingerprint density at radius 3 is 2.79 bits per heavy atom. The highest BCUT2D eigenvalue weighted by Gasteiger charge is 2.04. The van der Waals surface area contributed by atoms with Crippen LogP contribution in [-0.2, 0) is 0 Å². The predicted molar refractivity (Wildman–Crippen MR) is 56.9 cm³/mol. The summed E-state index contributed by atoms with van der Waals surface area (Å²) in [5.41, 5.74) is 7.91. The standard InChI is InChI=1S/C10H8ClN3/c11-9-4-3-8(12)10(14-9)7-2-1-5-13-6-7/h1-6H,12H2. The molecule has 2 aromatic rings. The summed E-state index contributed by atoms with van der Waals surface area (Å²) in [4.78, 5) is 8.14. The van der Waals surface area contributed by atoms with Crippen LogP contribution in [0.4, 0.5) is 5.69 Å². The van der Waals surface area contributed by atoms with E-state index in [0.717, 1.165) is 5.56 Å². The van der Waals surface area contributed by atoms with Gasteiger partial charge in [0.1, 0.15) is 5.15 Å². The van der Waals surface area contributed by atoms with E-state index in [2.05, 4.69) is 9.97 Å². The molecule has 0 atom stereocenters. The third-order valence-corrected chi connectivity index (χ3v) is 2.04. The van der Waals surface area contributed by atoms with Gasteiger partial charge in [0.05, 0.1) is 11.4 Å². The number of nitrogens with two attached hydrogens (primary N) is 1. The van der Waals surface area contributed by atoms with Gasteiger partial charge in [-0.15, -0.1) is 0 Å². The van der Waals surface area contributed by atoms with E-state index in [1.807, 2.05) is 12.1 Å². The fourth-order valence-corrected chi connectivity index (χ4v) is 1.33. The first-order valence-electron chi connectivity index (χ1n) is 4.10. The van der Waals surface area contributed by atoms with Gasteiger partial charge < -0.3 is 5.73 Å². The lowest BCUT2D eigenvalue weighted by Gasteiger charge is -2.03. The summed E-state index contributed by atoms with van der Waals surface area (Å²) >= 11 is 5.78. The molecule has 0 aromatic carbocycles. The van der Waals surface area contributed by atoms with Crippen LogP contribution in [0.1, 0.15) is 0 Å². The quantitative estimate of drug-likeness (QED) is 0.728. The van der Waals surface area contributed by atoms with Crippen LogP contribution < -0.4 is 5.73 Å². The Hall–Kier alpha value is -1.61. The molecular formula is C10H8ClN3. The van der Waals surface area contributed by atoms with Gasteiger partial charge in [0, 0.05) is 18.0 Å². The molecule has 2 N–H and O–H groups in total. The summed E-state index contributed by atoms with van der Waals surface area (Å²) in [7, 11) is 0. The lowest BCUT2D eigenvalue weighted by molar-refractivity contribution is 1.28. The van der Waals surface area contributed by atoms with E-state index in [4.69, 9.17) is 17.3 Å². The summed E-state index contributed by atoms with van der Waals surface area (Å²) in [5, 5.41) is 0.429. The molecule has 2 rings (SSSR count). The van der Waals surface area contributed by atoms with Crippen molar-refractivity contribution in [2.75, 3.05) is 5.73 Å². The SMILES string of the molecule is Nc1ccc(Cl)nc1-c1cccnc1. The second-order valence-electron chi connectivity index (χ2n) is 2.81. The minimum atomic E-state index is 0.429. The first kappa shape index (κ1) is 8.97. The Balaban J connectivity index is 2.57. The molecule has 0 bridgehead atoms. The van der Waals surface area contributed by atoms with Crippen LogP contribution in [0.3, 0.4) is 0 Å². The highest BCUT2D eigenvalue weighted by atomic mass is 35.5. The molecule has 0 fully saturated rings. The lowest BCUT2D eigenvalue weighted by Crippen LogP contribution is -1.93. The van der Waals surface area contributed by atoms with Gasteiger partial charge in [0.15, 0.2) is 0 Å². The van der Waals surface area contributed by atoms with Crippen molar-refractivity contribution in [3.63, 3.8) is 0 Å². The van der Waals surface area contributed by atoms with Gasteiger partial charge >= 0.3 is 0 Å². The zero-order valence-corrected chi connectivity index (χ0v) is 8.07. The second kappa shape index (κ2) is 3.64. The topological polar surface area (TPSA) is 51.8 Å². The minimum absolute atomic E-state index is 0.429. The fourth-order valence-electron chi connectivity index (χ4n) is 1.18. The van der Waals surface area contributed by atoms with E-state index in [1.165, 1.54) is 0 Å². The Bertz CT molecular complexity index is 442. The number of hydrogen-bond donors (Lipinski definition) is 1. The molecule has 70 valence electrons. The number of hydrogen-bond acceptors (Lipinski definition) is 3. The molecule has 0 saturated carbocycles. The lowest BCUT2D eigenvalue weighted by atomic mass is 10.1. The molecule has 2 aromatic heterocycles. The number of anilines is 1. The molecule has 0 aliphatic heterocycles. The third-order valence-electron chi connectivity index (χ3n) is 1.83. The van der Waals surface area contributed by atoms with E-state index in [9.17, 15) is 0 Å². The van der Waals surface area contributed by atoms with Gasteiger partial charge in [0.25, 0.3) is 0 Å². The summed E-state index contributed by atoms with van der Waals surface area (Å²) in [6, 6.07) is 7.12. The van der Waals surface area contributed by atoms with Gasteiger partial charge in [-0.25, -0.2) is 4.98 Å². The highest BCUT2D eigenvalue weighted by Crippen LogP contribution is 2.24.